The lowest BCUT2D eigenvalue weighted by Gasteiger charge is -2.53. The first-order valence-electron chi connectivity index (χ1n) is 17.9. The maximum atomic E-state index is 14.2. The van der Waals surface area contributed by atoms with E-state index in [0.29, 0.717) is 25.9 Å². The summed E-state index contributed by atoms with van der Waals surface area (Å²) in [6.45, 7) is 25.5. The molecule has 1 aromatic carbocycles. The van der Waals surface area contributed by atoms with E-state index >= 15 is 0 Å². The van der Waals surface area contributed by atoms with Crippen molar-refractivity contribution in [3.8, 4) is 5.75 Å². The van der Waals surface area contributed by atoms with Gasteiger partial charge in [-0.25, -0.2) is 0 Å². The van der Waals surface area contributed by atoms with Crippen LogP contribution in [0, 0.1) is 5.41 Å². The van der Waals surface area contributed by atoms with Crippen molar-refractivity contribution >= 4 is 11.9 Å². The number of phenols is 1. The van der Waals surface area contributed by atoms with Crippen LogP contribution in [0.2, 0.25) is 0 Å². The molecule has 1 aromatic rings. The van der Waals surface area contributed by atoms with E-state index in [1.54, 1.807) is 0 Å². The number of hydroxylamine groups is 2. The van der Waals surface area contributed by atoms with Crippen molar-refractivity contribution in [3.05, 3.63) is 28.8 Å². The Bertz CT molecular complexity index is 1100. The zero-order valence-electron chi connectivity index (χ0n) is 31.4. The number of aliphatic carboxylic acids is 1. The van der Waals surface area contributed by atoms with Crippen molar-refractivity contribution < 1.29 is 29.4 Å². The second-order valence-electron chi connectivity index (χ2n) is 17.2. The standard InChI is InChI=1S/C39H67NO6/c1-13-15-17-18-19-20-22-45-40-37(9,10)26-29(27-38(40,11)12)46-34(44)39(33(42)43,21-16-14-2)25-28-23-30(35(3,4)5)32(41)31(24-28)36(6,7)8/h23-24,29,41H,13-22,25-27H2,1-12H3,(H,42,43). The van der Waals surface area contributed by atoms with Gasteiger partial charge < -0.3 is 14.9 Å². The number of unbranched alkanes of at least 4 members (excludes halogenated alkanes) is 6. The molecule has 1 aliphatic heterocycles. The molecule has 0 spiro atoms. The average Bonchev–Trinajstić information content (AvgIpc) is 2.90. The van der Waals surface area contributed by atoms with E-state index in [1.165, 1.54) is 25.7 Å². The number of esters is 1. The predicted molar refractivity (Wildman–Crippen MR) is 187 cm³/mol. The molecule has 0 amide bonds. The normalized spacial score (nSPS) is 18.7. The van der Waals surface area contributed by atoms with E-state index in [9.17, 15) is 19.8 Å². The maximum Gasteiger partial charge on any atom is 0.324 e. The van der Waals surface area contributed by atoms with Gasteiger partial charge in [-0.15, -0.1) is 0 Å². The number of carboxylic acid groups (broad SMARTS) is 1. The molecule has 1 saturated heterocycles. The minimum atomic E-state index is -1.74. The van der Waals surface area contributed by atoms with Crippen LogP contribution in [-0.4, -0.2) is 51.0 Å². The maximum absolute atomic E-state index is 14.2. The molecule has 7 heteroatoms. The minimum absolute atomic E-state index is 0.000600. The Morgan fingerprint density at radius 3 is 1.76 bits per heavy atom. The van der Waals surface area contributed by atoms with E-state index in [0.717, 1.165) is 36.0 Å². The number of hydrogen-bond acceptors (Lipinski definition) is 6. The number of rotatable bonds is 16. The summed E-state index contributed by atoms with van der Waals surface area (Å²) in [7, 11) is 0. The van der Waals surface area contributed by atoms with E-state index < -0.39 is 34.5 Å². The van der Waals surface area contributed by atoms with Gasteiger partial charge in [-0.05, 0) is 74.5 Å². The third-order valence-electron chi connectivity index (χ3n) is 9.59. The van der Waals surface area contributed by atoms with Crippen molar-refractivity contribution in [3.63, 3.8) is 0 Å². The number of hydrogen-bond donors (Lipinski definition) is 2. The Morgan fingerprint density at radius 1 is 0.826 bits per heavy atom. The van der Waals surface area contributed by atoms with Crippen molar-refractivity contribution in [2.75, 3.05) is 6.61 Å². The number of carboxylic acids is 1. The SMILES string of the molecule is CCCCCCCCON1C(C)(C)CC(OC(=O)C(CCCC)(Cc2cc(C(C)(C)C)c(O)c(C(C)(C)C)c2)C(=O)O)CC1(C)C. The fourth-order valence-corrected chi connectivity index (χ4v) is 7.21. The van der Waals surface area contributed by atoms with Gasteiger partial charge in [0, 0.05) is 23.9 Å². The van der Waals surface area contributed by atoms with Crippen LogP contribution < -0.4 is 0 Å². The Hall–Kier alpha value is -2.12. The first-order valence-corrected chi connectivity index (χ1v) is 17.9. The second kappa shape index (κ2) is 15.9. The summed E-state index contributed by atoms with van der Waals surface area (Å²) in [5.74, 6) is -1.60. The molecule has 2 rings (SSSR count). The number of nitrogens with zero attached hydrogens (tertiary/aromatic N) is 1. The van der Waals surface area contributed by atoms with Gasteiger partial charge >= 0.3 is 11.9 Å². The summed E-state index contributed by atoms with van der Waals surface area (Å²) in [6.07, 6.45) is 9.33. The molecule has 1 aliphatic rings. The van der Waals surface area contributed by atoms with E-state index in [-0.39, 0.29) is 29.4 Å². The number of ether oxygens (including phenoxy) is 1. The molecule has 2 N–H and O–H groups in total. The van der Waals surface area contributed by atoms with Crippen LogP contribution in [0.1, 0.15) is 170 Å². The average molecular weight is 646 g/mol. The fraction of sp³-hybridized carbons (Fsp3) is 0.795. The molecule has 0 aliphatic carbocycles. The topological polar surface area (TPSA) is 96.3 Å². The molecule has 1 heterocycles. The summed E-state index contributed by atoms with van der Waals surface area (Å²) in [5, 5.41) is 24.1. The number of aromatic hydroxyl groups is 1. The number of phenolic OH excluding ortho intramolecular Hbond substituents is 1. The number of piperidine rings is 1. The van der Waals surface area contributed by atoms with E-state index in [1.807, 2.05) is 60.6 Å². The second-order valence-corrected chi connectivity index (χ2v) is 17.2. The molecule has 46 heavy (non-hydrogen) atoms. The van der Waals surface area contributed by atoms with Gasteiger partial charge in [-0.2, -0.15) is 5.06 Å². The third kappa shape index (κ3) is 10.2. The highest BCUT2D eigenvalue weighted by molar-refractivity contribution is 5.99. The van der Waals surface area contributed by atoms with Gasteiger partial charge in [0.25, 0.3) is 0 Å². The summed E-state index contributed by atoms with van der Waals surface area (Å²) in [5.41, 5.74) is -1.10. The van der Waals surface area contributed by atoms with Crippen LogP contribution in [0.4, 0.5) is 0 Å². The lowest BCUT2D eigenvalue weighted by molar-refractivity contribution is -0.294. The van der Waals surface area contributed by atoms with E-state index in [4.69, 9.17) is 9.57 Å². The molecule has 0 aromatic heterocycles. The van der Waals surface area contributed by atoms with Gasteiger partial charge in [0.1, 0.15) is 11.9 Å². The van der Waals surface area contributed by atoms with Gasteiger partial charge in [0.2, 0.25) is 0 Å². The van der Waals surface area contributed by atoms with Crippen LogP contribution in [0.3, 0.4) is 0 Å². The zero-order chi connectivity index (χ0) is 35.1. The van der Waals surface area contributed by atoms with E-state index in [2.05, 4.69) is 39.7 Å². The molecule has 7 nitrogen and oxygen atoms in total. The lowest BCUT2D eigenvalue weighted by atomic mass is 9.73. The molecule has 1 atom stereocenters. The molecule has 0 bridgehead atoms. The lowest BCUT2D eigenvalue weighted by Crippen LogP contribution is -2.62. The molecule has 0 saturated carbocycles. The smallest absolute Gasteiger partial charge is 0.324 e. The minimum Gasteiger partial charge on any atom is -0.507 e. The Morgan fingerprint density at radius 2 is 1.30 bits per heavy atom. The van der Waals surface area contributed by atoms with Crippen LogP contribution in [0.5, 0.6) is 5.75 Å². The van der Waals surface area contributed by atoms with Crippen molar-refractivity contribution in [2.45, 2.75) is 188 Å². The summed E-state index contributed by atoms with van der Waals surface area (Å²) < 4.78 is 6.25. The van der Waals surface area contributed by atoms with Crippen LogP contribution in [-0.2, 0) is 36.4 Å². The first-order chi connectivity index (χ1) is 21.1. The summed E-state index contributed by atoms with van der Waals surface area (Å²) >= 11 is 0. The van der Waals surface area contributed by atoms with Gasteiger partial charge in [-0.1, -0.05) is 112 Å². The summed E-state index contributed by atoms with van der Waals surface area (Å²) in [4.78, 5) is 33.8. The molecular formula is C39H67NO6. The van der Waals surface area contributed by atoms with Crippen LogP contribution >= 0.6 is 0 Å². The highest BCUT2D eigenvalue weighted by Gasteiger charge is 2.52. The molecule has 1 unspecified atom stereocenters. The quantitative estimate of drug-likeness (QED) is 0.105. The Kier molecular flexibility index (Phi) is 13.8. The van der Waals surface area contributed by atoms with Gasteiger partial charge in [0.15, 0.2) is 5.41 Å². The van der Waals surface area contributed by atoms with Crippen LogP contribution in [0.15, 0.2) is 12.1 Å². The van der Waals surface area contributed by atoms with Gasteiger partial charge in [-0.3, -0.25) is 14.4 Å². The molecule has 0 radical (unpaired) electrons. The molecule has 1 fully saturated rings. The van der Waals surface area contributed by atoms with Gasteiger partial charge in [0.05, 0.1) is 6.61 Å². The monoisotopic (exact) mass is 645 g/mol. The largest absolute Gasteiger partial charge is 0.507 e. The summed E-state index contributed by atoms with van der Waals surface area (Å²) in [6, 6.07) is 3.76. The molecule has 264 valence electrons. The predicted octanol–water partition coefficient (Wildman–Crippen LogP) is 9.65. The number of carbonyl (C=O) groups excluding carboxylic acids is 1. The Labute approximate surface area is 280 Å². The third-order valence-corrected chi connectivity index (χ3v) is 9.59. The van der Waals surface area contributed by atoms with Crippen LogP contribution in [0.25, 0.3) is 0 Å². The zero-order valence-corrected chi connectivity index (χ0v) is 31.4. The number of benzene rings is 1. The highest BCUT2D eigenvalue weighted by atomic mass is 16.7. The van der Waals surface area contributed by atoms with Crippen molar-refractivity contribution in [2.24, 2.45) is 5.41 Å². The van der Waals surface area contributed by atoms with Crippen molar-refractivity contribution in [1.29, 1.82) is 0 Å². The fourth-order valence-electron chi connectivity index (χ4n) is 7.21. The highest BCUT2D eigenvalue weighted by Crippen LogP contribution is 2.44. The first kappa shape index (κ1) is 40.1. The molecular weight excluding hydrogens is 578 g/mol. The Balaban J connectivity index is 2.37. The number of carbonyl (C=O) groups is 2. The van der Waals surface area contributed by atoms with Crippen molar-refractivity contribution in [1.82, 2.24) is 5.06 Å².